The highest BCUT2D eigenvalue weighted by Crippen LogP contribution is 1.97. The lowest BCUT2D eigenvalue weighted by molar-refractivity contribution is -0.121. The van der Waals surface area contributed by atoms with Crippen LogP contribution in [0.2, 0.25) is 0 Å². The summed E-state index contributed by atoms with van der Waals surface area (Å²) in [5, 5.41) is 13.7. The molecule has 0 aromatic heterocycles. The van der Waals surface area contributed by atoms with Crippen LogP contribution in [0.15, 0.2) is 0 Å². The third-order valence-electron chi connectivity index (χ3n) is 1.51. The molecule has 14 heavy (non-hydrogen) atoms. The predicted molar refractivity (Wildman–Crippen MR) is 48.2 cm³/mol. The Bertz CT molecular complexity index is 167. The average molecular weight is 210 g/mol. The summed E-state index contributed by atoms with van der Waals surface area (Å²) in [7, 11) is 0. The molecule has 0 saturated heterocycles. The molecular weight excluding hydrogens is 194 g/mol. The van der Waals surface area contributed by atoms with Gasteiger partial charge in [-0.2, -0.15) is 0 Å². The number of hydrogen-bond acceptors (Lipinski definition) is 3. The van der Waals surface area contributed by atoms with Crippen LogP contribution in [0.5, 0.6) is 0 Å². The highest BCUT2D eigenvalue weighted by molar-refractivity contribution is 5.77. The first-order chi connectivity index (χ1) is 6.57. The molecule has 0 aliphatic heterocycles. The second kappa shape index (κ2) is 7.64. The van der Waals surface area contributed by atoms with E-state index in [2.05, 4.69) is 10.6 Å². The van der Waals surface area contributed by atoms with E-state index in [-0.39, 0.29) is 6.54 Å². The first-order valence-corrected chi connectivity index (χ1v) is 4.51. The van der Waals surface area contributed by atoms with E-state index < -0.39 is 25.0 Å². The quantitative estimate of drug-likeness (QED) is 0.507. The van der Waals surface area contributed by atoms with Crippen molar-refractivity contribution >= 4 is 5.91 Å². The predicted octanol–water partition coefficient (Wildman–Crippen LogP) is -0.272. The maximum Gasteiger partial charge on any atom is 0.265 e. The molecular formula is C8H16F2N2O2. The number of carbonyl (C=O) groups excluding carboxylic acids is 1. The van der Waals surface area contributed by atoms with Crippen molar-refractivity contribution < 1.29 is 18.7 Å². The first-order valence-electron chi connectivity index (χ1n) is 4.51. The fourth-order valence-corrected chi connectivity index (χ4v) is 0.749. The molecule has 6 heteroatoms. The second-order valence-corrected chi connectivity index (χ2v) is 2.88. The van der Waals surface area contributed by atoms with Crippen molar-refractivity contribution in [1.29, 1.82) is 0 Å². The van der Waals surface area contributed by atoms with Gasteiger partial charge in [0.2, 0.25) is 5.91 Å². The van der Waals surface area contributed by atoms with Crippen molar-refractivity contribution in [3.8, 4) is 0 Å². The van der Waals surface area contributed by atoms with Crippen molar-refractivity contribution in [2.45, 2.75) is 25.9 Å². The summed E-state index contributed by atoms with van der Waals surface area (Å²) in [6, 6.07) is 0. The molecule has 1 atom stereocenters. The SMILES string of the molecule is CCCNCC(=O)NCC(O)C(F)F. The van der Waals surface area contributed by atoms with Crippen LogP contribution in [0, 0.1) is 0 Å². The van der Waals surface area contributed by atoms with Crippen LogP contribution in [0.3, 0.4) is 0 Å². The van der Waals surface area contributed by atoms with Crippen molar-refractivity contribution in [1.82, 2.24) is 10.6 Å². The summed E-state index contributed by atoms with van der Waals surface area (Å²) in [5.74, 6) is -0.391. The zero-order valence-electron chi connectivity index (χ0n) is 8.09. The Hall–Kier alpha value is -0.750. The third kappa shape index (κ3) is 6.73. The molecule has 0 heterocycles. The van der Waals surface area contributed by atoms with Gasteiger partial charge in [-0.05, 0) is 13.0 Å². The minimum Gasteiger partial charge on any atom is -0.385 e. The van der Waals surface area contributed by atoms with Crippen LogP contribution in [-0.4, -0.2) is 43.2 Å². The topological polar surface area (TPSA) is 61.4 Å². The van der Waals surface area contributed by atoms with Gasteiger partial charge in [-0.15, -0.1) is 0 Å². The molecule has 0 aromatic carbocycles. The maximum atomic E-state index is 11.8. The lowest BCUT2D eigenvalue weighted by Crippen LogP contribution is -2.40. The number of nitrogens with one attached hydrogen (secondary N) is 2. The summed E-state index contributed by atoms with van der Waals surface area (Å²) < 4.78 is 23.5. The van der Waals surface area contributed by atoms with Crippen LogP contribution >= 0.6 is 0 Å². The molecule has 1 amide bonds. The number of aliphatic hydroxyl groups is 1. The van der Waals surface area contributed by atoms with Gasteiger partial charge >= 0.3 is 0 Å². The van der Waals surface area contributed by atoms with Gasteiger partial charge in [0.25, 0.3) is 6.43 Å². The van der Waals surface area contributed by atoms with Gasteiger partial charge < -0.3 is 15.7 Å². The Morgan fingerprint density at radius 3 is 2.64 bits per heavy atom. The molecule has 0 bridgehead atoms. The molecule has 0 saturated carbocycles. The number of alkyl halides is 2. The van der Waals surface area contributed by atoms with E-state index in [4.69, 9.17) is 5.11 Å². The van der Waals surface area contributed by atoms with Gasteiger partial charge in [0, 0.05) is 6.54 Å². The molecule has 1 unspecified atom stereocenters. The lowest BCUT2D eigenvalue weighted by Gasteiger charge is -2.10. The molecule has 0 spiro atoms. The van der Waals surface area contributed by atoms with Crippen molar-refractivity contribution in [3.63, 3.8) is 0 Å². The molecule has 84 valence electrons. The van der Waals surface area contributed by atoms with Crippen LogP contribution < -0.4 is 10.6 Å². The number of amides is 1. The molecule has 0 fully saturated rings. The van der Waals surface area contributed by atoms with E-state index in [1.165, 1.54) is 0 Å². The lowest BCUT2D eigenvalue weighted by atomic mass is 10.3. The van der Waals surface area contributed by atoms with Crippen LogP contribution in [0.4, 0.5) is 8.78 Å². The zero-order valence-corrected chi connectivity index (χ0v) is 8.09. The summed E-state index contributed by atoms with van der Waals surface area (Å²) in [5.41, 5.74) is 0. The fraction of sp³-hybridized carbons (Fsp3) is 0.875. The number of rotatable bonds is 7. The van der Waals surface area contributed by atoms with E-state index >= 15 is 0 Å². The minimum absolute atomic E-state index is 0.0871. The Kier molecular flexibility index (Phi) is 7.23. The molecule has 0 aliphatic rings. The highest BCUT2D eigenvalue weighted by Gasteiger charge is 2.16. The van der Waals surface area contributed by atoms with Gasteiger partial charge in [0.1, 0.15) is 6.10 Å². The highest BCUT2D eigenvalue weighted by atomic mass is 19.3. The molecule has 3 N–H and O–H groups in total. The third-order valence-corrected chi connectivity index (χ3v) is 1.51. The van der Waals surface area contributed by atoms with Crippen molar-refractivity contribution in [3.05, 3.63) is 0 Å². The summed E-state index contributed by atoms with van der Waals surface area (Å²) in [4.78, 5) is 10.9. The largest absolute Gasteiger partial charge is 0.385 e. The normalized spacial score (nSPS) is 12.9. The van der Waals surface area contributed by atoms with Gasteiger partial charge in [0.15, 0.2) is 0 Å². The number of halogens is 2. The van der Waals surface area contributed by atoms with E-state index in [1.54, 1.807) is 0 Å². The van der Waals surface area contributed by atoms with Crippen LogP contribution in [0.1, 0.15) is 13.3 Å². The van der Waals surface area contributed by atoms with Crippen LogP contribution in [0.25, 0.3) is 0 Å². The van der Waals surface area contributed by atoms with Crippen molar-refractivity contribution in [2.75, 3.05) is 19.6 Å². The van der Waals surface area contributed by atoms with Crippen LogP contribution in [-0.2, 0) is 4.79 Å². The monoisotopic (exact) mass is 210 g/mol. The Morgan fingerprint density at radius 2 is 2.14 bits per heavy atom. The smallest absolute Gasteiger partial charge is 0.265 e. The second-order valence-electron chi connectivity index (χ2n) is 2.88. The Balaban J connectivity index is 3.44. The summed E-state index contributed by atoms with van der Waals surface area (Å²) in [6.45, 7) is 2.32. The Labute approximate surface area is 81.7 Å². The fourth-order valence-electron chi connectivity index (χ4n) is 0.749. The van der Waals surface area contributed by atoms with E-state index in [1.807, 2.05) is 6.92 Å². The molecule has 0 aliphatic carbocycles. The first kappa shape index (κ1) is 13.2. The van der Waals surface area contributed by atoms with Gasteiger partial charge in [-0.3, -0.25) is 4.79 Å². The average Bonchev–Trinajstić information content (AvgIpc) is 2.14. The molecule has 0 aromatic rings. The molecule has 4 nitrogen and oxygen atoms in total. The molecule has 0 rings (SSSR count). The van der Waals surface area contributed by atoms with Crippen molar-refractivity contribution in [2.24, 2.45) is 0 Å². The van der Waals surface area contributed by atoms with Gasteiger partial charge in [0.05, 0.1) is 6.54 Å². The number of carbonyl (C=O) groups is 1. The molecule has 0 radical (unpaired) electrons. The van der Waals surface area contributed by atoms with Gasteiger partial charge in [-0.25, -0.2) is 8.78 Å². The Morgan fingerprint density at radius 1 is 1.50 bits per heavy atom. The summed E-state index contributed by atoms with van der Waals surface area (Å²) in [6.07, 6.45) is -3.71. The number of hydrogen-bond donors (Lipinski definition) is 3. The maximum absolute atomic E-state index is 11.8. The summed E-state index contributed by atoms with van der Waals surface area (Å²) >= 11 is 0. The number of aliphatic hydroxyl groups excluding tert-OH is 1. The van der Waals surface area contributed by atoms with E-state index in [0.29, 0.717) is 6.54 Å². The van der Waals surface area contributed by atoms with E-state index in [0.717, 1.165) is 6.42 Å². The standard InChI is InChI=1S/C8H16F2N2O2/c1-2-3-11-5-7(14)12-4-6(13)8(9)10/h6,8,11,13H,2-5H2,1H3,(H,12,14). The minimum atomic E-state index is -2.82. The van der Waals surface area contributed by atoms with Gasteiger partial charge in [-0.1, -0.05) is 6.92 Å². The zero-order chi connectivity index (χ0) is 11.0. The van der Waals surface area contributed by atoms with E-state index in [9.17, 15) is 13.6 Å².